The monoisotopic (exact) mass is 1050 g/mol. The van der Waals surface area contributed by atoms with Gasteiger partial charge in [-0.2, -0.15) is 5.10 Å². The molecule has 0 unspecified atom stereocenters. The summed E-state index contributed by atoms with van der Waals surface area (Å²) in [5.41, 5.74) is 5.25. The van der Waals surface area contributed by atoms with E-state index < -0.39 is 18.4 Å². The first kappa shape index (κ1) is 45.4. The maximum absolute atomic E-state index is 5.55. The molecular formula is C40H56Br2ClN11O3Sn. The third kappa shape index (κ3) is 13.2. The van der Waals surface area contributed by atoms with Crippen molar-refractivity contribution in [2.24, 2.45) is 4.99 Å². The van der Waals surface area contributed by atoms with Gasteiger partial charge in [0.05, 0.1) is 50.7 Å². The van der Waals surface area contributed by atoms with Crippen molar-refractivity contribution in [1.29, 1.82) is 0 Å². The quantitative estimate of drug-likeness (QED) is 0.144. The molecule has 9 rings (SSSR count). The van der Waals surface area contributed by atoms with Crippen LogP contribution in [0.3, 0.4) is 0 Å². The summed E-state index contributed by atoms with van der Waals surface area (Å²) in [4.78, 5) is 31.6. The molecule has 0 atom stereocenters. The first-order chi connectivity index (χ1) is 28.2. The fourth-order valence-electron chi connectivity index (χ4n) is 6.91. The zero-order chi connectivity index (χ0) is 40.7. The van der Waals surface area contributed by atoms with E-state index in [2.05, 4.69) is 103 Å². The van der Waals surface area contributed by atoms with Gasteiger partial charge < -0.3 is 9.47 Å². The molecule has 5 aromatic rings. The normalized spacial score (nSPS) is 17.7. The molecule has 4 aliphatic rings. The van der Waals surface area contributed by atoms with Gasteiger partial charge in [-0.3, -0.25) is 29.4 Å². The van der Waals surface area contributed by atoms with Gasteiger partial charge >= 0.3 is 130 Å². The van der Waals surface area contributed by atoms with Crippen LogP contribution in [-0.4, -0.2) is 177 Å². The summed E-state index contributed by atoms with van der Waals surface area (Å²) < 4.78 is 23.1. The number of ether oxygens (including phenoxy) is 3. The fraction of sp³-hybridized carbons (Fsp3) is 0.550. The molecule has 0 aromatic carbocycles. The molecule has 4 aliphatic heterocycles. The number of aromatic nitrogens is 7. The number of halogens is 3. The Morgan fingerprint density at radius 3 is 1.81 bits per heavy atom. The minimum atomic E-state index is -2.21. The Hall–Kier alpha value is -2.13. The standard InChI is InChI=1S/C12H15BrN4O.C12H15N4O.C7H5BrN2.C6H12ClNO.3CH3.Sn/c13-12-11-10(2-1-3-14-11)17(15-12)5-4-16-6-8-18-9-7-16;1-2-11-10-14-16(12(11)13-3-1)5-4-15-6-8-17-9-7-15;8-7-5-2-1-3-9-6(5)4-10-7;7-1-2-8-3-5-9-6-4-8;;;;/h1-3H,4-9H2;1-3H,4-9H2;1-3H,4H2;1-6H2;3*1H3;. The Morgan fingerprint density at radius 2 is 1.21 bits per heavy atom. The molecule has 0 N–H and O–H groups in total. The van der Waals surface area contributed by atoms with E-state index in [1.165, 1.54) is 9.10 Å². The molecule has 0 aliphatic carbocycles. The Kier molecular flexibility index (Phi) is 18.1. The molecule has 0 amide bonds. The molecule has 0 spiro atoms. The van der Waals surface area contributed by atoms with Crippen LogP contribution >= 0.6 is 43.5 Å². The van der Waals surface area contributed by atoms with Crippen LogP contribution < -0.4 is 3.71 Å². The molecule has 18 heteroatoms. The van der Waals surface area contributed by atoms with Crippen LogP contribution in [0.2, 0.25) is 14.8 Å². The number of aliphatic imine (C=N–C) groups is 1. The molecule has 314 valence electrons. The number of hydrogen-bond donors (Lipinski definition) is 0. The molecule has 14 nitrogen and oxygen atoms in total. The Balaban J connectivity index is 0.000000138. The second kappa shape index (κ2) is 23.2. The van der Waals surface area contributed by atoms with E-state index in [-0.39, 0.29) is 0 Å². The minimum absolute atomic E-state index is 0.719. The third-order valence-corrected chi connectivity index (χ3v) is 16.6. The van der Waals surface area contributed by atoms with Crippen molar-refractivity contribution < 1.29 is 14.2 Å². The van der Waals surface area contributed by atoms with Gasteiger partial charge in [-0.05, 0) is 56.1 Å². The van der Waals surface area contributed by atoms with Crippen molar-refractivity contribution in [3.8, 4) is 0 Å². The van der Waals surface area contributed by atoms with Crippen LogP contribution in [-0.2, 0) is 33.8 Å². The number of fused-ring (bicyclic) bond motifs is 3. The molecule has 9 heterocycles. The molecule has 0 bridgehead atoms. The number of hydrogen-bond acceptors (Lipinski definition) is 12. The SMILES string of the molecule is BrC1=NCc2ncccc21.Brc1nn(CCN2CCOCC2)c2cccnc12.ClCCN1CCOCC1.[CH3][Sn]([CH3])([CH3])[c]1nn(CCN2CCOCC2)c2ncccc12. The van der Waals surface area contributed by atoms with Gasteiger partial charge in [-0.25, -0.2) is 0 Å². The molecule has 0 radical (unpaired) electrons. The number of rotatable bonds is 9. The Bertz CT molecular complexity index is 2040. The summed E-state index contributed by atoms with van der Waals surface area (Å²) in [6.07, 6.45) is 5.46. The predicted molar refractivity (Wildman–Crippen MR) is 242 cm³/mol. The molecule has 3 fully saturated rings. The van der Waals surface area contributed by atoms with E-state index in [0.717, 1.165) is 161 Å². The van der Waals surface area contributed by atoms with Gasteiger partial charge in [-0.15, -0.1) is 11.6 Å². The van der Waals surface area contributed by atoms with Crippen molar-refractivity contribution in [2.75, 3.05) is 104 Å². The van der Waals surface area contributed by atoms with E-state index in [1.807, 2.05) is 35.1 Å². The van der Waals surface area contributed by atoms with Crippen LogP contribution in [0.5, 0.6) is 0 Å². The van der Waals surface area contributed by atoms with Crippen molar-refractivity contribution in [1.82, 2.24) is 49.2 Å². The van der Waals surface area contributed by atoms with Crippen LogP contribution in [0, 0.1) is 0 Å². The Morgan fingerprint density at radius 1 is 0.655 bits per heavy atom. The summed E-state index contributed by atoms with van der Waals surface area (Å²) in [7, 11) is 0. The van der Waals surface area contributed by atoms with Crippen LogP contribution in [0.1, 0.15) is 11.3 Å². The second-order valence-corrected chi connectivity index (χ2v) is 31.3. The number of morpholine rings is 3. The van der Waals surface area contributed by atoms with Gasteiger partial charge in [-0.1, -0.05) is 0 Å². The van der Waals surface area contributed by atoms with Gasteiger partial charge in [0.25, 0.3) is 0 Å². The topological polar surface area (TPSA) is 124 Å². The average molecular weight is 1050 g/mol. The van der Waals surface area contributed by atoms with Gasteiger partial charge in [0.2, 0.25) is 0 Å². The predicted octanol–water partition coefficient (Wildman–Crippen LogP) is 5.13. The summed E-state index contributed by atoms with van der Waals surface area (Å²) in [5, 5.41) is 10.7. The van der Waals surface area contributed by atoms with Crippen LogP contribution in [0.25, 0.3) is 22.1 Å². The molecular weight excluding hydrogens is 996 g/mol. The first-order valence-electron chi connectivity index (χ1n) is 20.1. The number of pyridine rings is 3. The summed E-state index contributed by atoms with van der Waals surface area (Å²) in [5.74, 6) is 0.736. The van der Waals surface area contributed by atoms with E-state index in [9.17, 15) is 0 Å². The van der Waals surface area contributed by atoms with E-state index in [4.69, 9.17) is 30.9 Å². The van der Waals surface area contributed by atoms with Crippen LogP contribution in [0.4, 0.5) is 0 Å². The summed E-state index contributed by atoms with van der Waals surface area (Å²) in [6, 6.07) is 12.1. The summed E-state index contributed by atoms with van der Waals surface area (Å²) in [6.45, 7) is 16.8. The zero-order valence-electron chi connectivity index (χ0n) is 33.9. The fourth-order valence-corrected chi connectivity index (χ4v) is 12.2. The van der Waals surface area contributed by atoms with Crippen molar-refractivity contribution >= 4 is 92.2 Å². The Labute approximate surface area is 367 Å². The number of nitrogens with zero attached hydrogens (tertiary/aromatic N) is 11. The summed E-state index contributed by atoms with van der Waals surface area (Å²) >= 11 is 10.1. The maximum atomic E-state index is 5.55. The number of alkyl halides is 1. The van der Waals surface area contributed by atoms with Gasteiger partial charge in [0.15, 0.2) is 4.60 Å². The van der Waals surface area contributed by atoms with Crippen molar-refractivity contribution in [2.45, 2.75) is 34.5 Å². The zero-order valence-corrected chi connectivity index (χ0v) is 40.7. The molecule has 3 saturated heterocycles. The van der Waals surface area contributed by atoms with E-state index in [0.29, 0.717) is 0 Å². The van der Waals surface area contributed by atoms with E-state index in [1.54, 1.807) is 12.4 Å². The van der Waals surface area contributed by atoms with Gasteiger partial charge in [0.1, 0.15) is 10.1 Å². The van der Waals surface area contributed by atoms with E-state index >= 15 is 0 Å². The van der Waals surface area contributed by atoms with Crippen molar-refractivity contribution in [3.63, 3.8) is 0 Å². The molecule has 5 aromatic heterocycles. The second-order valence-electron chi connectivity index (χ2n) is 15.2. The molecule has 58 heavy (non-hydrogen) atoms. The van der Waals surface area contributed by atoms with Crippen LogP contribution in [0.15, 0.2) is 64.6 Å². The first-order valence-corrected chi connectivity index (χ1v) is 32.2. The van der Waals surface area contributed by atoms with Crippen molar-refractivity contribution in [3.05, 3.63) is 70.8 Å². The average Bonchev–Trinajstić information content (AvgIpc) is 3.94. The molecule has 0 saturated carbocycles. The third-order valence-electron chi connectivity index (χ3n) is 10.1. The van der Waals surface area contributed by atoms with Gasteiger partial charge in [0, 0.05) is 63.1 Å².